The zero-order valence-electron chi connectivity index (χ0n) is 17.4. The third-order valence-electron chi connectivity index (χ3n) is 5.14. The molecule has 1 fully saturated rings. The summed E-state index contributed by atoms with van der Waals surface area (Å²) in [7, 11) is 0. The Morgan fingerprint density at radius 3 is 2.68 bits per heavy atom. The van der Waals surface area contributed by atoms with E-state index in [9.17, 15) is 9.59 Å². The summed E-state index contributed by atoms with van der Waals surface area (Å²) < 4.78 is 11.3. The highest BCUT2D eigenvalue weighted by Crippen LogP contribution is 2.28. The largest absolute Gasteiger partial charge is 0.483 e. The van der Waals surface area contributed by atoms with Gasteiger partial charge < -0.3 is 19.3 Å². The highest BCUT2D eigenvalue weighted by atomic mass is 16.6. The molecule has 1 saturated heterocycles. The highest BCUT2D eigenvalue weighted by Gasteiger charge is 2.32. The van der Waals surface area contributed by atoms with E-state index in [4.69, 9.17) is 9.47 Å². The normalized spacial score (nSPS) is 19.8. The van der Waals surface area contributed by atoms with Gasteiger partial charge in [0.15, 0.2) is 6.61 Å². The van der Waals surface area contributed by atoms with Gasteiger partial charge >= 0.3 is 6.09 Å². The molecule has 0 spiro atoms. The molecule has 7 nitrogen and oxygen atoms in total. The first kappa shape index (κ1) is 20.4. The predicted molar refractivity (Wildman–Crippen MR) is 105 cm³/mol. The number of carbonyl (C=O) groups excluding carboxylic acids is 2. The van der Waals surface area contributed by atoms with E-state index < -0.39 is 5.60 Å². The van der Waals surface area contributed by atoms with Crippen LogP contribution in [0.4, 0.5) is 4.79 Å². The van der Waals surface area contributed by atoms with E-state index in [0.717, 1.165) is 42.7 Å². The number of piperazine rings is 1. The number of rotatable bonds is 3. The maximum absolute atomic E-state index is 12.7. The molecular weight excluding hydrogens is 358 g/mol. The lowest BCUT2D eigenvalue weighted by molar-refractivity contribution is -0.137. The van der Waals surface area contributed by atoms with E-state index in [2.05, 4.69) is 4.98 Å². The Hall–Kier alpha value is -2.31. The van der Waals surface area contributed by atoms with E-state index in [1.165, 1.54) is 0 Å². The summed E-state index contributed by atoms with van der Waals surface area (Å²) in [6.07, 6.45) is 5.65. The van der Waals surface area contributed by atoms with Crippen molar-refractivity contribution in [2.75, 3.05) is 26.2 Å². The lowest BCUT2D eigenvalue weighted by Gasteiger charge is -2.40. The molecule has 1 unspecified atom stereocenters. The first-order valence-electron chi connectivity index (χ1n) is 10.1. The molecule has 0 aromatic carbocycles. The maximum Gasteiger partial charge on any atom is 0.410 e. The Balaban J connectivity index is 1.54. The molecule has 3 rings (SSSR count). The lowest BCUT2D eigenvalue weighted by Crippen LogP contribution is -2.57. The van der Waals surface area contributed by atoms with E-state index in [0.29, 0.717) is 19.6 Å². The minimum absolute atomic E-state index is 0.00717. The molecule has 0 saturated carbocycles. The summed E-state index contributed by atoms with van der Waals surface area (Å²) in [6, 6.07) is 1.77. The molecule has 154 valence electrons. The first-order chi connectivity index (χ1) is 13.2. The van der Waals surface area contributed by atoms with Crippen LogP contribution in [0, 0.1) is 0 Å². The molecule has 7 heteroatoms. The van der Waals surface area contributed by atoms with Crippen molar-refractivity contribution in [2.24, 2.45) is 0 Å². The summed E-state index contributed by atoms with van der Waals surface area (Å²) in [4.78, 5) is 32.8. The Kier molecular flexibility index (Phi) is 6.10. The molecule has 28 heavy (non-hydrogen) atoms. The van der Waals surface area contributed by atoms with Crippen molar-refractivity contribution in [1.82, 2.24) is 14.8 Å². The van der Waals surface area contributed by atoms with Gasteiger partial charge in [0.05, 0.1) is 0 Å². The molecule has 0 bridgehead atoms. The molecule has 1 aromatic rings. The van der Waals surface area contributed by atoms with Crippen LogP contribution in [-0.4, -0.2) is 64.7 Å². The number of nitrogens with zero attached hydrogens (tertiary/aromatic N) is 3. The predicted octanol–water partition coefficient (Wildman–Crippen LogP) is 2.81. The number of hydrogen-bond acceptors (Lipinski definition) is 5. The number of ether oxygens (including phenoxy) is 2. The smallest absolute Gasteiger partial charge is 0.410 e. The van der Waals surface area contributed by atoms with Crippen molar-refractivity contribution in [3.8, 4) is 5.75 Å². The monoisotopic (exact) mass is 389 g/mol. The van der Waals surface area contributed by atoms with Crippen LogP contribution in [0.1, 0.15) is 51.8 Å². The molecule has 1 aliphatic heterocycles. The van der Waals surface area contributed by atoms with E-state index in [1.807, 2.05) is 33.8 Å². The van der Waals surface area contributed by atoms with Crippen LogP contribution in [0.5, 0.6) is 5.75 Å². The van der Waals surface area contributed by atoms with Gasteiger partial charge in [-0.05, 0) is 59.4 Å². The minimum Gasteiger partial charge on any atom is -0.483 e. The summed E-state index contributed by atoms with van der Waals surface area (Å²) in [5.74, 6) is 0.718. The van der Waals surface area contributed by atoms with Crippen LogP contribution < -0.4 is 4.74 Å². The van der Waals surface area contributed by atoms with Crippen molar-refractivity contribution in [1.29, 1.82) is 0 Å². The number of carbonyl (C=O) groups is 2. The Morgan fingerprint density at radius 1 is 1.21 bits per heavy atom. The second-order valence-electron chi connectivity index (χ2n) is 8.59. The molecular formula is C21H31N3O4. The molecule has 2 heterocycles. The fraction of sp³-hybridized carbons (Fsp3) is 0.667. The quantitative estimate of drug-likeness (QED) is 0.795. The van der Waals surface area contributed by atoms with Crippen molar-refractivity contribution in [2.45, 2.75) is 65.0 Å². The average molecular weight is 389 g/mol. The number of aryl methyl sites for hydroxylation is 1. The number of fused-ring (bicyclic) bond motifs is 1. The lowest BCUT2D eigenvalue weighted by atomic mass is 9.95. The zero-order valence-corrected chi connectivity index (χ0v) is 17.4. The van der Waals surface area contributed by atoms with Crippen LogP contribution >= 0.6 is 0 Å². The van der Waals surface area contributed by atoms with Gasteiger partial charge in [0, 0.05) is 43.1 Å². The van der Waals surface area contributed by atoms with Gasteiger partial charge in [-0.1, -0.05) is 0 Å². The van der Waals surface area contributed by atoms with Gasteiger partial charge in [-0.3, -0.25) is 9.78 Å². The molecule has 1 atom stereocenters. The van der Waals surface area contributed by atoms with Gasteiger partial charge in [-0.15, -0.1) is 0 Å². The summed E-state index contributed by atoms with van der Waals surface area (Å²) >= 11 is 0. The minimum atomic E-state index is -0.523. The van der Waals surface area contributed by atoms with Crippen molar-refractivity contribution < 1.29 is 19.1 Å². The van der Waals surface area contributed by atoms with Crippen molar-refractivity contribution in [3.05, 3.63) is 23.5 Å². The van der Waals surface area contributed by atoms with Gasteiger partial charge in [0.2, 0.25) is 0 Å². The van der Waals surface area contributed by atoms with Crippen LogP contribution in [0.2, 0.25) is 0 Å². The molecule has 0 N–H and O–H groups in total. The van der Waals surface area contributed by atoms with E-state index in [-0.39, 0.29) is 24.6 Å². The zero-order chi connectivity index (χ0) is 20.3. The van der Waals surface area contributed by atoms with Crippen molar-refractivity contribution >= 4 is 12.0 Å². The Bertz CT molecular complexity index is 729. The average Bonchev–Trinajstić information content (AvgIpc) is 2.64. The molecule has 1 aliphatic carbocycles. The second kappa shape index (κ2) is 8.37. The summed E-state index contributed by atoms with van der Waals surface area (Å²) in [5.41, 5.74) is 1.71. The second-order valence-corrected chi connectivity index (χ2v) is 8.59. The molecule has 2 aliphatic rings. The molecule has 1 aromatic heterocycles. The van der Waals surface area contributed by atoms with Crippen LogP contribution in [0.3, 0.4) is 0 Å². The topological polar surface area (TPSA) is 72.0 Å². The first-order valence-corrected chi connectivity index (χ1v) is 10.1. The van der Waals surface area contributed by atoms with E-state index in [1.54, 1.807) is 16.0 Å². The number of aromatic nitrogens is 1. The van der Waals surface area contributed by atoms with Crippen LogP contribution in [0.15, 0.2) is 12.3 Å². The highest BCUT2D eigenvalue weighted by molar-refractivity contribution is 5.78. The van der Waals surface area contributed by atoms with Crippen molar-refractivity contribution in [3.63, 3.8) is 0 Å². The molecule has 0 radical (unpaired) electrons. The van der Waals surface area contributed by atoms with Crippen LogP contribution in [-0.2, 0) is 22.4 Å². The van der Waals surface area contributed by atoms with Gasteiger partial charge in [-0.25, -0.2) is 4.79 Å². The Labute approximate surface area is 167 Å². The SMILES string of the molecule is CC1CN(C(=O)OC(C)(C)C)CCN1C(=O)COc1ccnc2c1CCCC2. The molecule has 2 amide bonds. The van der Waals surface area contributed by atoms with Gasteiger partial charge in [-0.2, -0.15) is 0 Å². The van der Waals surface area contributed by atoms with E-state index >= 15 is 0 Å². The van der Waals surface area contributed by atoms with Gasteiger partial charge in [0.1, 0.15) is 11.4 Å². The fourth-order valence-corrected chi connectivity index (χ4v) is 3.77. The maximum atomic E-state index is 12.7. The number of hydrogen-bond donors (Lipinski definition) is 0. The number of pyridine rings is 1. The van der Waals surface area contributed by atoms with Gasteiger partial charge in [0.25, 0.3) is 5.91 Å². The third kappa shape index (κ3) is 4.94. The fourth-order valence-electron chi connectivity index (χ4n) is 3.77. The summed E-state index contributed by atoms with van der Waals surface area (Å²) in [5, 5.41) is 0. The number of amides is 2. The standard InChI is InChI=1S/C21H31N3O4/c1-15-13-23(20(26)28-21(2,3)4)11-12-24(15)19(25)14-27-18-9-10-22-17-8-6-5-7-16(17)18/h9-10,15H,5-8,11-14H2,1-4H3. The Morgan fingerprint density at radius 2 is 1.96 bits per heavy atom. The van der Waals surface area contributed by atoms with Crippen LogP contribution in [0.25, 0.3) is 0 Å². The summed E-state index contributed by atoms with van der Waals surface area (Å²) in [6.45, 7) is 8.92. The third-order valence-corrected chi connectivity index (χ3v) is 5.14.